The lowest BCUT2D eigenvalue weighted by Crippen LogP contribution is -2.23. The molecule has 2 heterocycles. The number of fused-ring (bicyclic) bond motifs is 3. The summed E-state index contributed by atoms with van der Waals surface area (Å²) in [6, 6.07) is 14.4. The zero-order valence-electron chi connectivity index (χ0n) is 17.0. The molecule has 0 fully saturated rings. The molecule has 7 nitrogen and oxygen atoms in total. The Bertz CT molecular complexity index is 1200. The molecule has 0 radical (unpaired) electrons. The van der Waals surface area contributed by atoms with Crippen LogP contribution in [0, 0.1) is 5.82 Å². The largest absolute Gasteiger partial charge is 0.319 e. The molecule has 0 saturated heterocycles. The molecule has 9 heteroatoms. The molecule has 4 rings (SSSR count). The number of hydrogen-bond acceptors (Lipinski definition) is 6. The summed E-state index contributed by atoms with van der Waals surface area (Å²) in [6.45, 7) is 2.79. The van der Waals surface area contributed by atoms with Crippen molar-refractivity contribution >= 4 is 39.7 Å². The Balaban J connectivity index is 1.55. The average Bonchev–Trinajstić information content (AvgIpc) is 3.10. The minimum absolute atomic E-state index is 0.142. The Morgan fingerprint density at radius 2 is 1.97 bits per heavy atom. The van der Waals surface area contributed by atoms with Crippen LogP contribution in [0.1, 0.15) is 25.3 Å². The molecule has 0 atom stereocenters. The van der Waals surface area contributed by atoms with Crippen molar-refractivity contribution in [3.8, 4) is 0 Å². The van der Waals surface area contributed by atoms with E-state index in [0.29, 0.717) is 36.9 Å². The maximum atomic E-state index is 13.3. The van der Waals surface area contributed by atoms with Crippen molar-refractivity contribution in [3.05, 3.63) is 59.9 Å². The molecule has 2 aromatic carbocycles. The number of para-hydroxylation sites is 1. The molecule has 2 aromatic heterocycles. The standard InChI is InChI=1S/C22H22FN5O2S/c1-2-30-27-19(29)8-5-13-31-22-24-21-20(25-26-22)17-6-3-4-7-18(17)28(21)14-15-9-11-16(23)12-10-15/h3-4,6-7,9-12H,2,5,8,13-14H2,1H3,(H,27,29). The van der Waals surface area contributed by atoms with Gasteiger partial charge in [0, 0.05) is 24.1 Å². The van der Waals surface area contributed by atoms with Gasteiger partial charge in [-0.15, -0.1) is 10.2 Å². The van der Waals surface area contributed by atoms with Gasteiger partial charge in [-0.25, -0.2) is 14.9 Å². The summed E-state index contributed by atoms with van der Waals surface area (Å²) in [5.74, 6) is 0.283. The predicted molar refractivity (Wildman–Crippen MR) is 118 cm³/mol. The van der Waals surface area contributed by atoms with Crippen molar-refractivity contribution in [2.75, 3.05) is 12.4 Å². The molecule has 0 aliphatic heterocycles. The van der Waals surface area contributed by atoms with Crippen LogP contribution in [0.25, 0.3) is 22.1 Å². The molecule has 0 aliphatic carbocycles. The maximum absolute atomic E-state index is 13.3. The summed E-state index contributed by atoms with van der Waals surface area (Å²) >= 11 is 1.46. The van der Waals surface area contributed by atoms with Gasteiger partial charge >= 0.3 is 0 Å². The number of carbonyl (C=O) groups excluding carboxylic acids is 1. The van der Waals surface area contributed by atoms with Gasteiger partial charge in [-0.1, -0.05) is 42.1 Å². The first-order chi connectivity index (χ1) is 15.2. The Hall–Kier alpha value is -3.04. The normalized spacial score (nSPS) is 11.3. The third kappa shape index (κ3) is 5.00. The minimum atomic E-state index is -0.261. The Labute approximate surface area is 183 Å². The van der Waals surface area contributed by atoms with E-state index in [2.05, 4.69) is 20.2 Å². The first-order valence-corrected chi connectivity index (χ1v) is 11.0. The van der Waals surface area contributed by atoms with Crippen LogP contribution < -0.4 is 5.48 Å². The van der Waals surface area contributed by atoms with E-state index in [1.54, 1.807) is 12.1 Å². The number of halogens is 1. The smallest absolute Gasteiger partial charge is 0.243 e. The quantitative estimate of drug-likeness (QED) is 0.240. The van der Waals surface area contributed by atoms with Crippen LogP contribution in [0.2, 0.25) is 0 Å². The molecule has 0 bridgehead atoms. The van der Waals surface area contributed by atoms with Crippen LogP contribution in [0.4, 0.5) is 4.39 Å². The molecule has 160 valence electrons. The van der Waals surface area contributed by atoms with Crippen LogP contribution in [0.15, 0.2) is 53.7 Å². The molecule has 0 unspecified atom stereocenters. The Kier molecular flexibility index (Phi) is 6.73. The van der Waals surface area contributed by atoms with Crippen molar-refractivity contribution in [1.29, 1.82) is 0 Å². The van der Waals surface area contributed by atoms with Crippen molar-refractivity contribution < 1.29 is 14.0 Å². The number of hydrogen-bond donors (Lipinski definition) is 1. The molecule has 31 heavy (non-hydrogen) atoms. The van der Waals surface area contributed by atoms with Crippen molar-refractivity contribution in [2.24, 2.45) is 0 Å². The SMILES string of the molecule is CCONC(=O)CCCSc1nnc2c3ccccc3n(Cc3ccc(F)cc3)c2n1. The van der Waals surface area contributed by atoms with Crippen molar-refractivity contribution in [3.63, 3.8) is 0 Å². The van der Waals surface area contributed by atoms with Gasteiger partial charge in [0.2, 0.25) is 11.1 Å². The predicted octanol–water partition coefficient (Wildman–Crippen LogP) is 4.11. The molecule has 1 amide bonds. The fourth-order valence-electron chi connectivity index (χ4n) is 3.28. The second kappa shape index (κ2) is 9.84. The zero-order chi connectivity index (χ0) is 21.6. The minimum Gasteiger partial charge on any atom is -0.319 e. The van der Waals surface area contributed by atoms with Crippen LogP contribution >= 0.6 is 11.8 Å². The lowest BCUT2D eigenvalue weighted by atomic mass is 10.2. The summed E-state index contributed by atoms with van der Waals surface area (Å²) in [6.07, 6.45) is 1.04. The monoisotopic (exact) mass is 439 g/mol. The van der Waals surface area contributed by atoms with Gasteiger partial charge in [0.25, 0.3) is 0 Å². The summed E-state index contributed by atoms with van der Waals surface area (Å²) in [5.41, 5.74) is 5.82. The molecular formula is C22H22FN5O2S. The highest BCUT2D eigenvalue weighted by Crippen LogP contribution is 2.28. The lowest BCUT2D eigenvalue weighted by molar-refractivity contribution is -0.133. The molecule has 0 saturated carbocycles. The number of amides is 1. The van der Waals surface area contributed by atoms with E-state index < -0.39 is 0 Å². The number of rotatable bonds is 9. The molecule has 0 aliphatic rings. The maximum Gasteiger partial charge on any atom is 0.243 e. The van der Waals surface area contributed by atoms with E-state index in [1.807, 2.05) is 31.2 Å². The van der Waals surface area contributed by atoms with Crippen LogP contribution in [0.3, 0.4) is 0 Å². The first-order valence-electron chi connectivity index (χ1n) is 10.0. The highest BCUT2D eigenvalue weighted by molar-refractivity contribution is 7.99. The van der Waals surface area contributed by atoms with E-state index in [9.17, 15) is 9.18 Å². The third-order valence-corrected chi connectivity index (χ3v) is 5.64. The van der Waals surface area contributed by atoms with Gasteiger partial charge in [-0.2, -0.15) is 0 Å². The number of nitrogens with zero attached hydrogens (tertiary/aromatic N) is 4. The topological polar surface area (TPSA) is 81.9 Å². The van der Waals surface area contributed by atoms with E-state index in [0.717, 1.165) is 27.6 Å². The second-order valence-electron chi connectivity index (χ2n) is 6.91. The summed E-state index contributed by atoms with van der Waals surface area (Å²) in [4.78, 5) is 21.2. The number of carbonyl (C=O) groups is 1. The fraction of sp³-hybridized carbons (Fsp3) is 0.273. The van der Waals surface area contributed by atoms with Gasteiger partial charge in [-0.05, 0) is 37.1 Å². The summed E-state index contributed by atoms with van der Waals surface area (Å²) in [7, 11) is 0. The molecule has 4 aromatic rings. The first kappa shape index (κ1) is 21.2. The fourth-order valence-corrected chi connectivity index (χ4v) is 4.00. The number of benzene rings is 2. The van der Waals surface area contributed by atoms with Crippen LogP contribution in [0.5, 0.6) is 0 Å². The average molecular weight is 440 g/mol. The zero-order valence-corrected chi connectivity index (χ0v) is 17.9. The third-order valence-electron chi connectivity index (χ3n) is 4.72. The number of aromatic nitrogens is 4. The highest BCUT2D eigenvalue weighted by Gasteiger charge is 2.15. The van der Waals surface area contributed by atoms with Crippen LogP contribution in [-0.2, 0) is 16.2 Å². The van der Waals surface area contributed by atoms with Gasteiger partial charge in [0.15, 0.2) is 5.65 Å². The van der Waals surface area contributed by atoms with Gasteiger partial charge in [0.1, 0.15) is 11.3 Å². The van der Waals surface area contributed by atoms with E-state index in [-0.39, 0.29) is 11.7 Å². The van der Waals surface area contributed by atoms with Crippen molar-refractivity contribution in [2.45, 2.75) is 31.5 Å². The van der Waals surface area contributed by atoms with E-state index in [4.69, 9.17) is 9.82 Å². The number of hydroxylamine groups is 1. The molecule has 0 spiro atoms. The van der Waals surface area contributed by atoms with Crippen molar-refractivity contribution in [1.82, 2.24) is 25.2 Å². The Morgan fingerprint density at radius 1 is 1.16 bits per heavy atom. The number of nitrogens with one attached hydrogen (secondary N) is 1. The summed E-state index contributed by atoms with van der Waals surface area (Å²) < 4.78 is 15.4. The number of thioether (sulfide) groups is 1. The summed E-state index contributed by atoms with van der Waals surface area (Å²) in [5, 5.41) is 10.2. The molecule has 1 N–H and O–H groups in total. The Morgan fingerprint density at radius 3 is 2.77 bits per heavy atom. The molecular weight excluding hydrogens is 417 g/mol. The van der Waals surface area contributed by atoms with Gasteiger partial charge < -0.3 is 4.57 Å². The lowest BCUT2D eigenvalue weighted by Gasteiger charge is -2.07. The van der Waals surface area contributed by atoms with Gasteiger partial charge in [-0.3, -0.25) is 9.63 Å². The van der Waals surface area contributed by atoms with Crippen LogP contribution in [-0.4, -0.2) is 38.0 Å². The van der Waals surface area contributed by atoms with E-state index >= 15 is 0 Å². The van der Waals surface area contributed by atoms with Gasteiger partial charge in [0.05, 0.1) is 12.1 Å². The van der Waals surface area contributed by atoms with E-state index in [1.165, 1.54) is 23.9 Å². The highest BCUT2D eigenvalue weighted by atomic mass is 32.2. The second-order valence-corrected chi connectivity index (χ2v) is 7.97.